The van der Waals surface area contributed by atoms with Gasteiger partial charge in [0.05, 0.1) is 12.2 Å². The minimum atomic E-state index is -0.376. The van der Waals surface area contributed by atoms with Crippen LogP contribution < -0.4 is 0 Å². The fraction of sp³-hybridized carbons (Fsp3) is 0.852. The zero-order chi connectivity index (χ0) is 22.2. The second-order valence-electron chi connectivity index (χ2n) is 11.7. The molecular formula is C27H46N2O2. The van der Waals surface area contributed by atoms with E-state index in [0.29, 0.717) is 23.8 Å². The molecule has 0 aromatic rings. The third-order valence-electron chi connectivity index (χ3n) is 9.29. The van der Waals surface area contributed by atoms with Gasteiger partial charge < -0.3 is 15.1 Å². The van der Waals surface area contributed by atoms with E-state index in [4.69, 9.17) is 0 Å². The molecule has 1 heterocycles. The van der Waals surface area contributed by atoms with Gasteiger partial charge in [-0.05, 0) is 88.5 Å². The van der Waals surface area contributed by atoms with Crippen LogP contribution in [-0.4, -0.2) is 71.5 Å². The normalized spacial score (nSPS) is 42.6. The summed E-state index contributed by atoms with van der Waals surface area (Å²) in [5.41, 5.74) is 3.29. The average Bonchev–Trinajstić information content (AvgIpc) is 3.05. The van der Waals surface area contributed by atoms with Gasteiger partial charge in [0.15, 0.2) is 0 Å². The number of hydrogen-bond donors (Lipinski definition) is 2. The van der Waals surface area contributed by atoms with E-state index in [1.165, 1.54) is 63.9 Å². The van der Waals surface area contributed by atoms with Gasteiger partial charge in [-0.2, -0.15) is 0 Å². The van der Waals surface area contributed by atoms with E-state index in [1.54, 1.807) is 5.57 Å². The van der Waals surface area contributed by atoms with Crippen LogP contribution in [0.4, 0.5) is 0 Å². The summed E-state index contributed by atoms with van der Waals surface area (Å²) in [4.78, 5) is 5.21. The summed E-state index contributed by atoms with van der Waals surface area (Å²) in [6, 6.07) is 0.667. The molecule has 3 saturated carbocycles. The quantitative estimate of drug-likeness (QED) is 0.701. The Balaban J connectivity index is 1.43. The maximum absolute atomic E-state index is 10.0. The highest BCUT2D eigenvalue weighted by molar-refractivity contribution is 5.26. The molecule has 31 heavy (non-hydrogen) atoms. The summed E-state index contributed by atoms with van der Waals surface area (Å²) in [5.74, 6) is 2.29. The number of aliphatic hydroxyl groups is 2. The molecule has 3 aliphatic carbocycles. The number of nitrogens with zero attached hydrogens (tertiary/aromatic N) is 2. The van der Waals surface area contributed by atoms with Crippen LogP contribution >= 0.6 is 0 Å². The van der Waals surface area contributed by atoms with E-state index < -0.39 is 0 Å². The fourth-order valence-electron chi connectivity index (χ4n) is 7.69. The molecule has 4 nitrogen and oxygen atoms in total. The summed E-state index contributed by atoms with van der Waals surface area (Å²) < 4.78 is 0. The van der Waals surface area contributed by atoms with E-state index in [0.717, 1.165) is 24.7 Å². The van der Waals surface area contributed by atoms with Gasteiger partial charge in [0, 0.05) is 32.2 Å². The van der Waals surface area contributed by atoms with Crippen molar-refractivity contribution >= 4 is 0 Å². The first kappa shape index (κ1) is 23.5. The molecule has 0 spiro atoms. The molecule has 4 rings (SSSR count). The molecule has 0 aromatic carbocycles. The Morgan fingerprint density at radius 3 is 2.58 bits per heavy atom. The van der Waals surface area contributed by atoms with Crippen molar-refractivity contribution in [3.05, 3.63) is 23.3 Å². The van der Waals surface area contributed by atoms with Crippen LogP contribution in [0.25, 0.3) is 0 Å². The Hall–Kier alpha value is -0.680. The first-order chi connectivity index (χ1) is 14.8. The van der Waals surface area contributed by atoms with E-state index in [9.17, 15) is 10.2 Å². The minimum Gasteiger partial charge on any atom is -0.393 e. The third-order valence-corrected chi connectivity index (χ3v) is 9.29. The van der Waals surface area contributed by atoms with Crippen LogP contribution in [-0.2, 0) is 0 Å². The van der Waals surface area contributed by atoms with Crippen LogP contribution in [0.3, 0.4) is 0 Å². The van der Waals surface area contributed by atoms with Gasteiger partial charge in [-0.25, -0.2) is 0 Å². The monoisotopic (exact) mass is 430 g/mol. The molecular weight excluding hydrogens is 384 g/mol. The van der Waals surface area contributed by atoms with Crippen molar-refractivity contribution in [3.8, 4) is 0 Å². The van der Waals surface area contributed by atoms with Crippen molar-refractivity contribution in [3.63, 3.8) is 0 Å². The van der Waals surface area contributed by atoms with Crippen LogP contribution in [0.1, 0.15) is 72.1 Å². The Kier molecular flexibility index (Phi) is 7.32. The Morgan fingerprint density at radius 2 is 1.87 bits per heavy atom. The van der Waals surface area contributed by atoms with Crippen LogP contribution in [0.15, 0.2) is 23.3 Å². The zero-order valence-electron chi connectivity index (χ0n) is 20.4. The number of piperazine rings is 1. The largest absolute Gasteiger partial charge is 0.393 e. The molecule has 0 bridgehead atoms. The second kappa shape index (κ2) is 9.67. The van der Waals surface area contributed by atoms with Gasteiger partial charge in [-0.15, -0.1) is 0 Å². The highest BCUT2D eigenvalue weighted by atomic mass is 16.3. The summed E-state index contributed by atoms with van der Waals surface area (Å²) in [5, 5.41) is 20.0. The smallest absolute Gasteiger partial charge is 0.0602 e. The average molecular weight is 431 g/mol. The molecule has 7 atom stereocenters. The van der Waals surface area contributed by atoms with Gasteiger partial charge in [-0.3, -0.25) is 4.90 Å². The summed E-state index contributed by atoms with van der Waals surface area (Å²) >= 11 is 0. The van der Waals surface area contributed by atoms with Gasteiger partial charge in [0.25, 0.3) is 0 Å². The maximum atomic E-state index is 10.0. The minimum absolute atomic E-state index is 0.376. The maximum Gasteiger partial charge on any atom is 0.0602 e. The van der Waals surface area contributed by atoms with E-state index in [-0.39, 0.29) is 12.2 Å². The molecule has 0 aromatic heterocycles. The van der Waals surface area contributed by atoms with Gasteiger partial charge in [-0.1, -0.05) is 37.1 Å². The Bertz CT molecular complexity index is 677. The molecule has 0 radical (unpaired) electrons. The van der Waals surface area contributed by atoms with Crippen molar-refractivity contribution in [2.24, 2.45) is 23.2 Å². The van der Waals surface area contributed by atoms with Crippen molar-refractivity contribution in [2.75, 3.05) is 33.2 Å². The lowest BCUT2D eigenvalue weighted by Gasteiger charge is -2.46. The lowest BCUT2D eigenvalue weighted by Crippen LogP contribution is -2.52. The number of aliphatic hydroxyl groups excluding tert-OH is 2. The molecule has 2 unspecified atom stereocenters. The highest BCUT2D eigenvalue weighted by Crippen LogP contribution is 2.59. The number of likely N-dealkylation sites (N-methyl/N-ethyl adjacent to an activating group) is 1. The first-order valence-electron chi connectivity index (χ1n) is 12.9. The lowest BCUT2D eigenvalue weighted by molar-refractivity contribution is 0.0434. The number of allylic oxidation sites excluding steroid dienone is 3. The third kappa shape index (κ3) is 5.13. The second-order valence-corrected chi connectivity index (χ2v) is 11.7. The van der Waals surface area contributed by atoms with Gasteiger partial charge >= 0.3 is 0 Å². The molecule has 2 N–H and O–H groups in total. The molecule has 1 saturated heterocycles. The molecule has 0 amide bonds. The van der Waals surface area contributed by atoms with Crippen molar-refractivity contribution in [1.82, 2.24) is 9.80 Å². The standard InChI is InChI=1S/C27H46N2O2/c1-19(17-29-13-12-28(4)18-20(29)2)25-9-10-26-22(6-5-11-27(25,26)3)8-7-21-14-23(30)16-24(31)15-21/h7-8,19-20,23-26,30-31H,5-6,9-18H2,1-4H3/t19?,20?,23-,24-,25-,26+,27-/m1/s1. The highest BCUT2D eigenvalue weighted by Gasteiger charge is 2.50. The summed E-state index contributed by atoms with van der Waals surface area (Å²) in [7, 11) is 2.25. The summed E-state index contributed by atoms with van der Waals surface area (Å²) in [6.45, 7) is 12.4. The van der Waals surface area contributed by atoms with Crippen LogP contribution in [0, 0.1) is 23.2 Å². The van der Waals surface area contributed by atoms with Gasteiger partial charge in [0.2, 0.25) is 0 Å². The number of fused-ring (bicyclic) bond motifs is 1. The lowest BCUT2D eigenvalue weighted by atomic mass is 9.61. The number of rotatable bonds is 4. The predicted molar refractivity (Wildman–Crippen MR) is 128 cm³/mol. The summed E-state index contributed by atoms with van der Waals surface area (Å²) in [6.07, 6.45) is 12.5. The van der Waals surface area contributed by atoms with E-state index in [2.05, 4.69) is 49.8 Å². The fourth-order valence-corrected chi connectivity index (χ4v) is 7.69. The Labute approximate surface area is 190 Å². The predicted octanol–water partition coefficient (Wildman–Crippen LogP) is 4.23. The zero-order valence-corrected chi connectivity index (χ0v) is 20.4. The molecule has 4 heteroatoms. The van der Waals surface area contributed by atoms with Gasteiger partial charge in [0.1, 0.15) is 0 Å². The molecule has 4 fully saturated rings. The van der Waals surface area contributed by atoms with Crippen LogP contribution in [0.2, 0.25) is 0 Å². The van der Waals surface area contributed by atoms with Crippen molar-refractivity contribution in [1.29, 1.82) is 0 Å². The topological polar surface area (TPSA) is 46.9 Å². The van der Waals surface area contributed by atoms with Crippen LogP contribution in [0.5, 0.6) is 0 Å². The SMILES string of the molecule is CC(CN1CCN(C)CC1C)[C@H]1CC[C@H]2C(=CC=C3C[C@@H](O)C[C@H](O)C3)CCC[C@]12C. The Morgan fingerprint density at radius 1 is 1.13 bits per heavy atom. The molecule has 1 aliphatic heterocycles. The first-order valence-corrected chi connectivity index (χ1v) is 12.9. The van der Waals surface area contributed by atoms with E-state index in [1.807, 2.05) is 0 Å². The molecule has 176 valence electrons. The molecule has 4 aliphatic rings. The van der Waals surface area contributed by atoms with E-state index >= 15 is 0 Å². The number of hydrogen-bond acceptors (Lipinski definition) is 4. The van der Waals surface area contributed by atoms with Crippen molar-refractivity contribution < 1.29 is 10.2 Å². The van der Waals surface area contributed by atoms with Crippen molar-refractivity contribution in [2.45, 2.75) is 90.4 Å².